The fourth-order valence-electron chi connectivity index (χ4n) is 5.56. The lowest BCUT2D eigenvalue weighted by atomic mass is 10.0. The summed E-state index contributed by atoms with van der Waals surface area (Å²) < 4.78 is 2.03. The third kappa shape index (κ3) is 5.14. The molecule has 35 heavy (non-hydrogen) atoms. The van der Waals surface area contributed by atoms with E-state index in [1.165, 1.54) is 81.4 Å². The Labute approximate surface area is 207 Å². The molecule has 0 unspecified atom stereocenters. The van der Waals surface area contributed by atoms with Crippen molar-refractivity contribution in [2.24, 2.45) is 0 Å². The molecule has 0 N–H and O–H groups in total. The van der Waals surface area contributed by atoms with Gasteiger partial charge in [-0.05, 0) is 93.3 Å². The summed E-state index contributed by atoms with van der Waals surface area (Å²) in [6.45, 7) is 6.65. The summed E-state index contributed by atoms with van der Waals surface area (Å²) in [5.41, 5.74) is 6.94. The number of piperidine rings is 2. The van der Waals surface area contributed by atoms with Gasteiger partial charge in [0.25, 0.3) is 0 Å². The highest BCUT2D eigenvalue weighted by molar-refractivity contribution is 5.85. The molecule has 3 aromatic heterocycles. The van der Waals surface area contributed by atoms with Gasteiger partial charge in [-0.3, -0.25) is 19.8 Å². The van der Waals surface area contributed by atoms with Gasteiger partial charge in [-0.1, -0.05) is 18.9 Å². The van der Waals surface area contributed by atoms with Crippen LogP contribution in [-0.2, 0) is 13.1 Å². The Hall–Kier alpha value is -3.09. The van der Waals surface area contributed by atoms with E-state index in [1.807, 2.05) is 35.5 Å². The maximum atomic E-state index is 4.74. The average molecular weight is 467 g/mol. The topological polar surface area (TPSA) is 50.1 Å². The molecule has 6 rings (SSSR count). The maximum Gasteiger partial charge on any atom is 0.0741 e. The molecule has 6 heteroatoms. The van der Waals surface area contributed by atoms with Gasteiger partial charge in [0.05, 0.1) is 23.1 Å². The molecule has 180 valence electrons. The molecule has 2 aliphatic heterocycles. The third-order valence-electron chi connectivity index (χ3n) is 7.43. The monoisotopic (exact) mass is 466 g/mol. The van der Waals surface area contributed by atoms with E-state index in [4.69, 9.17) is 5.10 Å². The molecular formula is C29H34N6. The Bertz CT molecular complexity index is 1280. The molecule has 2 saturated heterocycles. The van der Waals surface area contributed by atoms with E-state index >= 15 is 0 Å². The Morgan fingerprint density at radius 2 is 1.46 bits per heavy atom. The van der Waals surface area contributed by atoms with Crippen LogP contribution in [0.25, 0.3) is 27.7 Å². The van der Waals surface area contributed by atoms with Crippen LogP contribution in [0.1, 0.15) is 49.8 Å². The van der Waals surface area contributed by atoms with Crippen LogP contribution in [0.3, 0.4) is 0 Å². The number of fused-ring (bicyclic) bond motifs is 1. The van der Waals surface area contributed by atoms with E-state index in [-0.39, 0.29) is 0 Å². The zero-order chi connectivity index (χ0) is 23.5. The first-order chi connectivity index (χ1) is 17.3. The normalized spacial score (nSPS) is 17.7. The molecule has 0 spiro atoms. The van der Waals surface area contributed by atoms with Crippen molar-refractivity contribution in [3.63, 3.8) is 0 Å². The molecule has 2 fully saturated rings. The van der Waals surface area contributed by atoms with Gasteiger partial charge in [0.15, 0.2) is 0 Å². The van der Waals surface area contributed by atoms with Gasteiger partial charge < -0.3 is 0 Å². The number of hydrogen-bond donors (Lipinski definition) is 0. The number of benzene rings is 1. The molecule has 0 radical (unpaired) electrons. The largest absolute Gasteiger partial charge is 0.299 e. The molecule has 5 heterocycles. The van der Waals surface area contributed by atoms with Crippen molar-refractivity contribution < 1.29 is 0 Å². The van der Waals surface area contributed by atoms with Crippen LogP contribution >= 0.6 is 0 Å². The molecule has 0 saturated carbocycles. The van der Waals surface area contributed by atoms with Crippen LogP contribution in [0.4, 0.5) is 0 Å². The number of aromatic nitrogens is 4. The molecule has 0 atom stereocenters. The van der Waals surface area contributed by atoms with Gasteiger partial charge in [-0.15, -0.1) is 0 Å². The van der Waals surface area contributed by atoms with Crippen molar-refractivity contribution in [1.82, 2.24) is 29.5 Å². The molecule has 0 amide bonds. The zero-order valence-corrected chi connectivity index (χ0v) is 20.4. The standard InChI is InChI=1S/C29H34N6/c1-3-11-33(12-4-1)21-23-15-25(19-30-18-23)24-7-8-29-26(16-24)20-32-35(29)28-9-10-31-27(17-28)22-34-13-5-2-6-14-34/h7-10,15-20H,1-6,11-14,21-22H2. The van der Waals surface area contributed by atoms with E-state index < -0.39 is 0 Å². The van der Waals surface area contributed by atoms with E-state index in [9.17, 15) is 0 Å². The van der Waals surface area contributed by atoms with Gasteiger partial charge in [-0.25, -0.2) is 4.68 Å². The van der Waals surface area contributed by atoms with E-state index in [0.29, 0.717) is 0 Å². The number of likely N-dealkylation sites (tertiary alicyclic amines) is 2. The smallest absolute Gasteiger partial charge is 0.0741 e. The van der Waals surface area contributed by atoms with Crippen LogP contribution in [-0.4, -0.2) is 55.7 Å². The van der Waals surface area contributed by atoms with Crippen molar-refractivity contribution in [2.75, 3.05) is 26.2 Å². The molecule has 1 aromatic carbocycles. The number of nitrogens with zero attached hydrogens (tertiary/aromatic N) is 6. The van der Waals surface area contributed by atoms with Crippen LogP contribution in [0.5, 0.6) is 0 Å². The van der Waals surface area contributed by atoms with Crippen molar-refractivity contribution >= 4 is 10.9 Å². The van der Waals surface area contributed by atoms with Crippen LogP contribution in [0, 0.1) is 0 Å². The highest BCUT2D eigenvalue weighted by Crippen LogP contribution is 2.27. The minimum absolute atomic E-state index is 0.915. The van der Waals surface area contributed by atoms with Crippen LogP contribution < -0.4 is 0 Å². The summed E-state index contributed by atoms with van der Waals surface area (Å²) in [5.74, 6) is 0. The Morgan fingerprint density at radius 3 is 2.26 bits per heavy atom. The van der Waals surface area contributed by atoms with Gasteiger partial charge in [0.2, 0.25) is 0 Å². The summed E-state index contributed by atoms with van der Waals surface area (Å²) >= 11 is 0. The molecule has 0 bridgehead atoms. The van der Waals surface area contributed by atoms with E-state index in [0.717, 1.165) is 35.4 Å². The molecular weight excluding hydrogens is 432 g/mol. The SMILES string of the molecule is c1cc(-n2ncc3cc(-c4cncc(CN5CCCCC5)c4)ccc32)cc(CN2CCCCC2)n1. The van der Waals surface area contributed by atoms with Crippen molar-refractivity contribution in [3.05, 3.63) is 72.4 Å². The Kier molecular flexibility index (Phi) is 6.56. The highest BCUT2D eigenvalue weighted by atomic mass is 15.3. The first-order valence-electron chi connectivity index (χ1n) is 13.1. The Morgan fingerprint density at radius 1 is 0.686 bits per heavy atom. The number of rotatable bonds is 6. The average Bonchev–Trinajstić information content (AvgIpc) is 3.34. The number of hydrogen-bond acceptors (Lipinski definition) is 5. The minimum Gasteiger partial charge on any atom is -0.299 e. The van der Waals surface area contributed by atoms with Gasteiger partial charge >= 0.3 is 0 Å². The summed E-state index contributed by atoms with van der Waals surface area (Å²) in [4.78, 5) is 14.3. The lowest BCUT2D eigenvalue weighted by molar-refractivity contribution is 0.218. The van der Waals surface area contributed by atoms with Gasteiger partial charge in [-0.2, -0.15) is 5.10 Å². The summed E-state index contributed by atoms with van der Waals surface area (Å²) in [6, 6.07) is 13.1. The fourth-order valence-corrected chi connectivity index (χ4v) is 5.56. The molecule has 4 aromatic rings. The third-order valence-corrected chi connectivity index (χ3v) is 7.43. The Balaban J connectivity index is 1.23. The lowest BCUT2D eigenvalue weighted by Gasteiger charge is -2.26. The number of pyridine rings is 2. The van der Waals surface area contributed by atoms with Gasteiger partial charge in [0.1, 0.15) is 0 Å². The first-order valence-corrected chi connectivity index (χ1v) is 13.1. The van der Waals surface area contributed by atoms with Gasteiger partial charge in [0, 0.05) is 42.6 Å². The highest BCUT2D eigenvalue weighted by Gasteiger charge is 2.14. The van der Waals surface area contributed by atoms with Crippen LogP contribution in [0.15, 0.2) is 61.2 Å². The van der Waals surface area contributed by atoms with Crippen molar-refractivity contribution in [2.45, 2.75) is 51.6 Å². The summed E-state index contributed by atoms with van der Waals surface area (Å²) in [7, 11) is 0. The lowest BCUT2D eigenvalue weighted by Crippen LogP contribution is -2.29. The maximum absolute atomic E-state index is 4.74. The van der Waals surface area contributed by atoms with Crippen LogP contribution in [0.2, 0.25) is 0 Å². The molecule has 6 nitrogen and oxygen atoms in total. The van der Waals surface area contributed by atoms with Crippen molar-refractivity contribution in [1.29, 1.82) is 0 Å². The van der Waals surface area contributed by atoms with E-state index in [2.05, 4.69) is 50.1 Å². The fraction of sp³-hybridized carbons (Fsp3) is 0.414. The quantitative estimate of drug-likeness (QED) is 0.378. The first kappa shape index (κ1) is 22.4. The molecule has 2 aliphatic rings. The predicted molar refractivity (Wildman–Crippen MR) is 140 cm³/mol. The minimum atomic E-state index is 0.915. The zero-order valence-electron chi connectivity index (χ0n) is 20.4. The predicted octanol–water partition coefficient (Wildman–Crippen LogP) is 5.45. The second-order valence-electron chi connectivity index (χ2n) is 10.1. The summed E-state index contributed by atoms with van der Waals surface area (Å²) in [6.07, 6.45) is 15.8. The second-order valence-corrected chi connectivity index (χ2v) is 10.1. The molecule has 0 aliphatic carbocycles. The summed E-state index contributed by atoms with van der Waals surface area (Å²) in [5, 5.41) is 5.87. The second kappa shape index (κ2) is 10.3. The van der Waals surface area contributed by atoms with E-state index in [1.54, 1.807) is 0 Å². The van der Waals surface area contributed by atoms with Crippen molar-refractivity contribution in [3.8, 4) is 16.8 Å².